The molecule has 1 N–H and O–H groups in total. The second-order valence-electron chi connectivity index (χ2n) is 6.69. The van der Waals surface area contributed by atoms with Crippen LogP contribution in [0.2, 0.25) is 10.0 Å². The molecule has 0 radical (unpaired) electrons. The molecule has 0 unspecified atom stereocenters. The molecular formula is C22H29Cl2NO3. The van der Waals surface area contributed by atoms with Gasteiger partial charge in [-0.2, -0.15) is 0 Å². The zero-order valence-corrected chi connectivity index (χ0v) is 18.3. The summed E-state index contributed by atoms with van der Waals surface area (Å²) in [6.45, 7) is 9.28. The van der Waals surface area contributed by atoms with Crippen molar-refractivity contribution in [1.29, 1.82) is 0 Å². The van der Waals surface area contributed by atoms with Crippen LogP contribution in [0.5, 0.6) is 11.5 Å². The predicted octanol–water partition coefficient (Wildman–Crippen LogP) is 5.88. The van der Waals surface area contributed by atoms with E-state index in [1.54, 1.807) is 0 Å². The monoisotopic (exact) mass is 425 g/mol. The Morgan fingerprint density at radius 3 is 2.39 bits per heavy atom. The number of nitrogens with one attached hydrogen (secondary N) is 1. The van der Waals surface area contributed by atoms with Crippen LogP contribution in [-0.2, 0) is 17.9 Å². The first-order valence-corrected chi connectivity index (χ1v) is 10.4. The van der Waals surface area contributed by atoms with Gasteiger partial charge in [-0.3, -0.25) is 0 Å². The fourth-order valence-electron chi connectivity index (χ4n) is 2.57. The standard InChI is InChI=1S/C22H29Cl2NO3/c1-4-26-21-12-18(14-25-10-5-11-27-16(2)3)20(24)13-22(21)28-15-17-6-8-19(23)9-7-17/h6-9,12-13,16,25H,4-5,10-11,14-15H2,1-3H3. The van der Waals surface area contributed by atoms with E-state index in [9.17, 15) is 0 Å². The van der Waals surface area contributed by atoms with Crippen molar-refractivity contribution in [3.05, 3.63) is 57.6 Å². The largest absolute Gasteiger partial charge is 0.490 e. The van der Waals surface area contributed by atoms with Crippen molar-refractivity contribution in [3.8, 4) is 11.5 Å². The highest BCUT2D eigenvalue weighted by Crippen LogP contribution is 2.34. The molecule has 0 aliphatic rings. The molecule has 0 spiro atoms. The first-order valence-electron chi connectivity index (χ1n) is 9.64. The molecule has 0 fully saturated rings. The van der Waals surface area contributed by atoms with Crippen LogP contribution in [0.4, 0.5) is 0 Å². The van der Waals surface area contributed by atoms with Gasteiger partial charge >= 0.3 is 0 Å². The average Bonchev–Trinajstić information content (AvgIpc) is 2.66. The molecule has 0 aromatic heterocycles. The molecule has 2 aromatic rings. The maximum atomic E-state index is 6.47. The highest BCUT2D eigenvalue weighted by atomic mass is 35.5. The van der Waals surface area contributed by atoms with E-state index in [-0.39, 0.29) is 6.10 Å². The van der Waals surface area contributed by atoms with Crippen molar-refractivity contribution in [2.24, 2.45) is 0 Å². The minimum absolute atomic E-state index is 0.267. The van der Waals surface area contributed by atoms with Crippen LogP contribution in [0.25, 0.3) is 0 Å². The van der Waals surface area contributed by atoms with Gasteiger partial charge in [-0.05, 0) is 63.1 Å². The van der Waals surface area contributed by atoms with Gasteiger partial charge in [0.2, 0.25) is 0 Å². The van der Waals surface area contributed by atoms with E-state index in [4.69, 9.17) is 37.4 Å². The van der Waals surface area contributed by atoms with Crippen LogP contribution >= 0.6 is 23.2 Å². The third-order valence-corrected chi connectivity index (χ3v) is 4.59. The normalized spacial score (nSPS) is 11.1. The van der Waals surface area contributed by atoms with E-state index < -0.39 is 0 Å². The predicted molar refractivity (Wildman–Crippen MR) is 116 cm³/mol. The smallest absolute Gasteiger partial charge is 0.163 e. The summed E-state index contributed by atoms with van der Waals surface area (Å²) in [4.78, 5) is 0. The van der Waals surface area contributed by atoms with Crippen LogP contribution in [0.15, 0.2) is 36.4 Å². The van der Waals surface area contributed by atoms with Gasteiger partial charge in [0.15, 0.2) is 11.5 Å². The van der Waals surface area contributed by atoms with Crippen molar-refractivity contribution >= 4 is 23.2 Å². The van der Waals surface area contributed by atoms with E-state index in [0.717, 1.165) is 30.7 Å². The van der Waals surface area contributed by atoms with Crippen molar-refractivity contribution in [3.63, 3.8) is 0 Å². The first-order chi connectivity index (χ1) is 13.5. The minimum atomic E-state index is 0.267. The Labute approximate surface area is 178 Å². The van der Waals surface area contributed by atoms with Gasteiger partial charge in [-0.15, -0.1) is 0 Å². The second kappa shape index (κ2) is 12.2. The lowest BCUT2D eigenvalue weighted by atomic mass is 10.2. The zero-order valence-electron chi connectivity index (χ0n) is 16.8. The maximum Gasteiger partial charge on any atom is 0.163 e. The maximum absolute atomic E-state index is 6.47. The topological polar surface area (TPSA) is 39.7 Å². The Hall–Kier alpha value is -1.46. The molecule has 2 rings (SSSR count). The van der Waals surface area contributed by atoms with Gasteiger partial charge in [0.25, 0.3) is 0 Å². The lowest BCUT2D eigenvalue weighted by molar-refractivity contribution is 0.0770. The van der Waals surface area contributed by atoms with E-state index in [1.807, 2.05) is 57.2 Å². The lowest BCUT2D eigenvalue weighted by Crippen LogP contribution is -2.17. The third-order valence-electron chi connectivity index (χ3n) is 3.98. The van der Waals surface area contributed by atoms with Crippen molar-refractivity contribution < 1.29 is 14.2 Å². The minimum Gasteiger partial charge on any atom is -0.490 e. The van der Waals surface area contributed by atoms with Crippen molar-refractivity contribution in [2.45, 2.75) is 46.4 Å². The fourth-order valence-corrected chi connectivity index (χ4v) is 2.92. The molecule has 154 valence electrons. The molecule has 0 aliphatic heterocycles. The van der Waals surface area contributed by atoms with Crippen LogP contribution in [-0.4, -0.2) is 25.9 Å². The van der Waals surface area contributed by atoms with Gasteiger partial charge < -0.3 is 19.5 Å². The van der Waals surface area contributed by atoms with Crippen LogP contribution in [0, 0.1) is 0 Å². The molecule has 0 saturated carbocycles. The highest BCUT2D eigenvalue weighted by Gasteiger charge is 2.11. The molecule has 0 atom stereocenters. The van der Waals surface area contributed by atoms with E-state index in [0.29, 0.717) is 41.3 Å². The average molecular weight is 426 g/mol. The van der Waals surface area contributed by atoms with E-state index in [2.05, 4.69) is 5.32 Å². The van der Waals surface area contributed by atoms with Gasteiger partial charge in [0.1, 0.15) is 6.61 Å². The number of benzene rings is 2. The van der Waals surface area contributed by atoms with Gasteiger partial charge in [-0.25, -0.2) is 0 Å². The summed E-state index contributed by atoms with van der Waals surface area (Å²) in [6, 6.07) is 11.3. The van der Waals surface area contributed by atoms with Crippen LogP contribution in [0.3, 0.4) is 0 Å². The summed E-state index contributed by atoms with van der Waals surface area (Å²) in [5, 5.41) is 4.75. The Kier molecular flexibility index (Phi) is 9.93. The third kappa shape index (κ3) is 7.88. The Morgan fingerprint density at radius 1 is 1.00 bits per heavy atom. The molecule has 0 heterocycles. The number of hydrogen-bond donors (Lipinski definition) is 1. The van der Waals surface area contributed by atoms with Gasteiger partial charge in [0.05, 0.1) is 12.7 Å². The van der Waals surface area contributed by atoms with E-state index >= 15 is 0 Å². The summed E-state index contributed by atoms with van der Waals surface area (Å²) in [5.41, 5.74) is 2.01. The summed E-state index contributed by atoms with van der Waals surface area (Å²) in [7, 11) is 0. The summed E-state index contributed by atoms with van der Waals surface area (Å²) >= 11 is 12.4. The Morgan fingerprint density at radius 2 is 1.71 bits per heavy atom. The van der Waals surface area contributed by atoms with Crippen LogP contribution < -0.4 is 14.8 Å². The molecule has 2 aromatic carbocycles. The number of hydrogen-bond acceptors (Lipinski definition) is 4. The number of ether oxygens (including phenoxy) is 3. The van der Waals surface area contributed by atoms with Gasteiger partial charge in [-0.1, -0.05) is 35.3 Å². The number of rotatable bonds is 12. The SMILES string of the molecule is CCOc1cc(CNCCCOC(C)C)c(Cl)cc1OCc1ccc(Cl)cc1. The molecule has 6 heteroatoms. The van der Waals surface area contributed by atoms with Crippen molar-refractivity contribution in [1.82, 2.24) is 5.32 Å². The first kappa shape index (κ1) is 22.8. The molecule has 28 heavy (non-hydrogen) atoms. The van der Waals surface area contributed by atoms with Gasteiger partial charge in [0, 0.05) is 29.3 Å². The highest BCUT2D eigenvalue weighted by molar-refractivity contribution is 6.31. The van der Waals surface area contributed by atoms with Crippen LogP contribution in [0.1, 0.15) is 38.3 Å². The Bertz CT molecular complexity index is 720. The summed E-state index contributed by atoms with van der Waals surface area (Å²) < 4.78 is 17.2. The molecule has 0 bridgehead atoms. The molecule has 0 aliphatic carbocycles. The van der Waals surface area contributed by atoms with E-state index in [1.165, 1.54) is 0 Å². The molecular weight excluding hydrogens is 397 g/mol. The zero-order chi connectivity index (χ0) is 20.4. The summed E-state index contributed by atoms with van der Waals surface area (Å²) in [6.07, 6.45) is 1.22. The van der Waals surface area contributed by atoms with Crippen molar-refractivity contribution in [2.75, 3.05) is 19.8 Å². The number of halogens is 2. The molecule has 0 saturated heterocycles. The lowest BCUT2D eigenvalue weighted by Gasteiger charge is -2.15. The molecule has 0 amide bonds. The Balaban J connectivity index is 1.94. The second-order valence-corrected chi connectivity index (χ2v) is 7.53. The molecule has 4 nitrogen and oxygen atoms in total. The quantitative estimate of drug-likeness (QED) is 0.431. The fraction of sp³-hybridized carbons (Fsp3) is 0.455. The summed E-state index contributed by atoms with van der Waals surface area (Å²) in [5.74, 6) is 1.33.